The van der Waals surface area contributed by atoms with E-state index < -0.39 is 0 Å². The van der Waals surface area contributed by atoms with E-state index in [9.17, 15) is 4.79 Å². The molecule has 1 atom stereocenters. The summed E-state index contributed by atoms with van der Waals surface area (Å²) in [5, 5.41) is 0. The third kappa shape index (κ3) is 3.42. The minimum atomic E-state index is 0.0448. The topological polar surface area (TPSA) is 38.1 Å². The maximum absolute atomic E-state index is 13.5. The molecule has 0 unspecified atom stereocenters. The highest BCUT2D eigenvalue weighted by atomic mass is 16.2. The molecular formula is C22H29N3O. The van der Waals surface area contributed by atoms with Gasteiger partial charge in [0.25, 0.3) is 0 Å². The fourth-order valence-corrected chi connectivity index (χ4v) is 4.89. The molecule has 1 aromatic carbocycles. The second kappa shape index (κ2) is 7.65. The molecule has 2 aliphatic rings. The molecule has 1 aliphatic heterocycles. The summed E-state index contributed by atoms with van der Waals surface area (Å²) in [6.45, 7) is 1.71. The van der Waals surface area contributed by atoms with Crippen molar-refractivity contribution < 1.29 is 4.79 Å². The van der Waals surface area contributed by atoms with Gasteiger partial charge in [-0.1, -0.05) is 43.2 Å². The highest BCUT2D eigenvalue weighted by molar-refractivity contribution is 5.84. The van der Waals surface area contributed by atoms with E-state index in [2.05, 4.69) is 45.8 Å². The second-order valence-electron chi connectivity index (χ2n) is 7.93. The second-order valence-corrected chi connectivity index (χ2v) is 7.93. The number of imidazole rings is 1. The zero-order valence-electron chi connectivity index (χ0n) is 15.7. The van der Waals surface area contributed by atoms with Crippen molar-refractivity contribution in [2.75, 3.05) is 13.1 Å². The minimum absolute atomic E-state index is 0.0448. The Balaban J connectivity index is 1.47. The molecule has 26 heavy (non-hydrogen) atoms. The number of carbonyl (C=O) groups is 1. The van der Waals surface area contributed by atoms with Gasteiger partial charge >= 0.3 is 0 Å². The smallest absolute Gasteiger partial charge is 0.230 e. The Morgan fingerprint density at radius 3 is 2.38 bits per heavy atom. The first-order chi connectivity index (χ1) is 12.7. The van der Waals surface area contributed by atoms with Crippen LogP contribution in [0.1, 0.15) is 61.7 Å². The van der Waals surface area contributed by atoms with Crippen molar-refractivity contribution in [2.45, 2.75) is 50.4 Å². The van der Waals surface area contributed by atoms with Crippen molar-refractivity contribution in [2.24, 2.45) is 13.0 Å². The average molecular weight is 351 g/mol. The first-order valence-corrected chi connectivity index (χ1v) is 10.0. The largest absolute Gasteiger partial charge is 0.342 e. The van der Waals surface area contributed by atoms with Gasteiger partial charge in [0.2, 0.25) is 5.91 Å². The lowest BCUT2D eigenvalue weighted by atomic mass is 9.83. The zero-order chi connectivity index (χ0) is 17.9. The number of aryl methyl sites for hydroxylation is 1. The van der Waals surface area contributed by atoms with E-state index >= 15 is 0 Å². The van der Waals surface area contributed by atoms with Crippen LogP contribution in [-0.4, -0.2) is 33.4 Å². The lowest BCUT2D eigenvalue weighted by molar-refractivity contribution is -0.135. The number of hydrogen-bond acceptors (Lipinski definition) is 2. The quantitative estimate of drug-likeness (QED) is 0.832. The average Bonchev–Trinajstić information content (AvgIpc) is 3.35. The van der Waals surface area contributed by atoms with Gasteiger partial charge < -0.3 is 9.47 Å². The number of likely N-dealkylation sites (tertiary alicyclic amines) is 1. The van der Waals surface area contributed by atoms with Crippen LogP contribution in [-0.2, 0) is 11.8 Å². The van der Waals surface area contributed by atoms with E-state index in [4.69, 9.17) is 0 Å². The van der Waals surface area contributed by atoms with Crippen molar-refractivity contribution in [3.63, 3.8) is 0 Å². The Morgan fingerprint density at radius 1 is 1.08 bits per heavy atom. The Labute approximate surface area is 156 Å². The molecule has 4 nitrogen and oxygen atoms in total. The maximum atomic E-state index is 13.5. The summed E-state index contributed by atoms with van der Waals surface area (Å²) in [5.41, 5.74) is 1.20. The molecule has 1 aliphatic carbocycles. The molecule has 1 aromatic heterocycles. The summed E-state index contributed by atoms with van der Waals surface area (Å²) in [6, 6.07) is 10.5. The molecule has 1 saturated carbocycles. The predicted octanol–water partition coefficient (Wildman–Crippen LogP) is 4.10. The van der Waals surface area contributed by atoms with Crippen LogP contribution in [0.25, 0.3) is 0 Å². The molecule has 1 amide bonds. The fraction of sp³-hybridized carbons (Fsp3) is 0.545. The van der Waals surface area contributed by atoms with Crippen LogP contribution in [0.4, 0.5) is 0 Å². The van der Waals surface area contributed by atoms with E-state index in [0.717, 1.165) is 31.8 Å². The lowest BCUT2D eigenvalue weighted by Crippen LogP contribution is -2.42. The molecule has 0 bridgehead atoms. The molecule has 1 saturated heterocycles. The predicted molar refractivity (Wildman–Crippen MR) is 103 cm³/mol. The van der Waals surface area contributed by atoms with Crippen molar-refractivity contribution in [1.82, 2.24) is 14.5 Å². The van der Waals surface area contributed by atoms with E-state index in [1.54, 1.807) is 0 Å². The number of hydrogen-bond donors (Lipinski definition) is 0. The number of nitrogens with zero attached hydrogens (tertiary/aromatic N) is 3. The first kappa shape index (κ1) is 17.3. The number of amides is 1. The fourth-order valence-electron chi connectivity index (χ4n) is 4.89. The summed E-state index contributed by atoms with van der Waals surface area (Å²) < 4.78 is 2.12. The number of aromatic nitrogens is 2. The van der Waals surface area contributed by atoms with Crippen molar-refractivity contribution in [3.8, 4) is 0 Å². The summed E-state index contributed by atoms with van der Waals surface area (Å²) >= 11 is 0. The summed E-state index contributed by atoms with van der Waals surface area (Å²) in [4.78, 5) is 20.1. The molecule has 4 heteroatoms. The Kier molecular flexibility index (Phi) is 5.09. The SMILES string of the molecule is Cn1ccnc1C1CCN(C(=O)[C@H](c2ccccc2)C2CCCC2)CC1. The first-order valence-electron chi connectivity index (χ1n) is 10.0. The van der Waals surface area contributed by atoms with Crippen molar-refractivity contribution >= 4 is 5.91 Å². The highest BCUT2D eigenvalue weighted by Gasteiger charge is 2.36. The molecule has 0 spiro atoms. The number of piperidine rings is 1. The van der Waals surface area contributed by atoms with Crippen LogP contribution >= 0.6 is 0 Å². The third-order valence-corrected chi connectivity index (χ3v) is 6.33. The Bertz CT molecular complexity index is 725. The van der Waals surface area contributed by atoms with Gasteiger partial charge in [-0.3, -0.25) is 4.79 Å². The van der Waals surface area contributed by atoms with E-state index in [-0.39, 0.29) is 5.92 Å². The van der Waals surface area contributed by atoms with Crippen LogP contribution in [0.5, 0.6) is 0 Å². The van der Waals surface area contributed by atoms with Crippen LogP contribution in [0.3, 0.4) is 0 Å². The molecule has 0 N–H and O–H groups in total. The Hall–Kier alpha value is -2.10. The zero-order valence-corrected chi connectivity index (χ0v) is 15.7. The third-order valence-electron chi connectivity index (χ3n) is 6.33. The minimum Gasteiger partial charge on any atom is -0.342 e. The van der Waals surface area contributed by atoms with E-state index in [1.165, 1.54) is 31.2 Å². The van der Waals surface area contributed by atoms with Crippen LogP contribution < -0.4 is 0 Å². The Morgan fingerprint density at radius 2 is 1.77 bits per heavy atom. The van der Waals surface area contributed by atoms with Gasteiger partial charge in [0.05, 0.1) is 5.92 Å². The summed E-state index contributed by atoms with van der Waals surface area (Å²) in [5.74, 6) is 2.54. The standard InChI is InChI=1S/C22H29N3O/c1-24-16-13-23-21(24)19-11-14-25(15-12-19)22(26)20(18-9-5-6-10-18)17-7-3-2-4-8-17/h2-4,7-8,13,16,18-20H,5-6,9-12,14-15H2,1H3/t20-/m1/s1. The molecule has 138 valence electrons. The lowest BCUT2D eigenvalue weighted by Gasteiger charge is -2.35. The van der Waals surface area contributed by atoms with Crippen LogP contribution in [0.2, 0.25) is 0 Å². The van der Waals surface area contributed by atoms with Gasteiger partial charge in [0.15, 0.2) is 0 Å². The number of rotatable bonds is 4. The van der Waals surface area contributed by atoms with E-state index in [1.807, 2.05) is 18.5 Å². The number of carbonyl (C=O) groups excluding carboxylic acids is 1. The van der Waals surface area contributed by atoms with Crippen LogP contribution in [0.15, 0.2) is 42.7 Å². The molecular weight excluding hydrogens is 322 g/mol. The summed E-state index contributed by atoms with van der Waals surface area (Å²) in [6.07, 6.45) is 10.8. The molecule has 2 aromatic rings. The van der Waals surface area contributed by atoms with Gasteiger partial charge in [0, 0.05) is 38.4 Å². The normalized spacial score (nSPS) is 20.4. The van der Waals surface area contributed by atoms with E-state index in [0.29, 0.717) is 17.7 Å². The van der Waals surface area contributed by atoms with Crippen molar-refractivity contribution in [1.29, 1.82) is 0 Å². The summed E-state index contributed by atoms with van der Waals surface area (Å²) in [7, 11) is 2.06. The van der Waals surface area contributed by atoms with Gasteiger partial charge in [-0.05, 0) is 37.2 Å². The molecule has 2 fully saturated rings. The monoisotopic (exact) mass is 351 g/mol. The number of benzene rings is 1. The molecule has 0 radical (unpaired) electrons. The van der Waals surface area contributed by atoms with Crippen molar-refractivity contribution in [3.05, 3.63) is 54.1 Å². The van der Waals surface area contributed by atoms with Gasteiger partial charge in [-0.15, -0.1) is 0 Å². The van der Waals surface area contributed by atoms with Gasteiger partial charge in [0.1, 0.15) is 5.82 Å². The molecule has 4 rings (SSSR count). The maximum Gasteiger partial charge on any atom is 0.230 e. The van der Waals surface area contributed by atoms with Crippen LogP contribution in [0, 0.1) is 5.92 Å². The molecule has 2 heterocycles. The highest BCUT2D eigenvalue weighted by Crippen LogP contribution is 2.39. The van der Waals surface area contributed by atoms with Gasteiger partial charge in [-0.2, -0.15) is 0 Å². The van der Waals surface area contributed by atoms with Gasteiger partial charge in [-0.25, -0.2) is 4.98 Å².